The lowest BCUT2D eigenvalue weighted by molar-refractivity contribution is -0.113. The van der Waals surface area contributed by atoms with E-state index in [2.05, 4.69) is 15.5 Å². The number of hydrogen-bond acceptors (Lipinski definition) is 4. The van der Waals surface area contributed by atoms with Crippen LogP contribution in [0.5, 0.6) is 0 Å². The number of carbonyl (C=O) groups is 1. The lowest BCUT2D eigenvalue weighted by Gasteiger charge is -2.08. The SMILES string of the molecule is C/C(O)=C(\N=Nc1ccccc1C)C(=O)Nc1ccccc1C. The summed E-state index contributed by atoms with van der Waals surface area (Å²) in [5, 5.41) is 20.5. The molecule has 2 rings (SSSR count). The molecule has 1 amide bonds. The number of benzene rings is 2. The predicted molar refractivity (Wildman–Crippen MR) is 90.8 cm³/mol. The first-order valence-electron chi connectivity index (χ1n) is 7.23. The van der Waals surface area contributed by atoms with Crippen molar-refractivity contribution < 1.29 is 9.90 Å². The minimum Gasteiger partial charge on any atom is -0.510 e. The van der Waals surface area contributed by atoms with E-state index in [1.54, 1.807) is 12.1 Å². The van der Waals surface area contributed by atoms with Crippen molar-refractivity contribution in [2.45, 2.75) is 20.8 Å². The van der Waals surface area contributed by atoms with Crippen molar-refractivity contribution in [2.24, 2.45) is 10.2 Å². The van der Waals surface area contributed by atoms with Gasteiger partial charge in [-0.05, 0) is 44.0 Å². The average molecular weight is 309 g/mol. The zero-order chi connectivity index (χ0) is 16.8. The minimum atomic E-state index is -0.503. The molecule has 2 N–H and O–H groups in total. The topological polar surface area (TPSA) is 74.0 Å². The van der Waals surface area contributed by atoms with Crippen molar-refractivity contribution in [3.05, 3.63) is 71.1 Å². The van der Waals surface area contributed by atoms with E-state index in [0.717, 1.165) is 11.1 Å². The third-order valence-corrected chi connectivity index (χ3v) is 3.32. The summed E-state index contributed by atoms with van der Waals surface area (Å²) in [6.45, 7) is 5.19. The normalized spacial score (nSPS) is 12.1. The Morgan fingerprint density at radius 3 is 2.22 bits per heavy atom. The van der Waals surface area contributed by atoms with Crippen LogP contribution in [-0.2, 0) is 4.79 Å². The molecule has 0 bridgehead atoms. The lowest BCUT2D eigenvalue weighted by Crippen LogP contribution is -2.15. The highest BCUT2D eigenvalue weighted by Gasteiger charge is 2.14. The Labute approximate surface area is 135 Å². The number of allylic oxidation sites excluding steroid dienone is 1. The van der Waals surface area contributed by atoms with Gasteiger partial charge in [0.05, 0.1) is 5.69 Å². The molecule has 0 radical (unpaired) electrons. The van der Waals surface area contributed by atoms with Gasteiger partial charge in [0.25, 0.3) is 5.91 Å². The molecule has 5 nitrogen and oxygen atoms in total. The molecule has 0 heterocycles. The van der Waals surface area contributed by atoms with Crippen LogP contribution >= 0.6 is 0 Å². The van der Waals surface area contributed by atoms with Crippen molar-refractivity contribution in [3.8, 4) is 0 Å². The lowest BCUT2D eigenvalue weighted by atomic mass is 10.2. The number of aliphatic hydroxyl groups is 1. The molecular formula is C18H19N3O2. The van der Waals surface area contributed by atoms with E-state index < -0.39 is 5.91 Å². The third-order valence-electron chi connectivity index (χ3n) is 3.32. The number of rotatable bonds is 4. The number of aliphatic hydroxyl groups excluding tert-OH is 1. The zero-order valence-corrected chi connectivity index (χ0v) is 13.4. The number of anilines is 1. The molecule has 0 aliphatic rings. The van der Waals surface area contributed by atoms with Crippen LogP contribution in [0.1, 0.15) is 18.1 Å². The van der Waals surface area contributed by atoms with Gasteiger partial charge in [0.2, 0.25) is 0 Å². The zero-order valence-electron chi connectivity index (χ0n) is 13.4. The molecule has 0 aliphatic carbocycles. The Kier molecular flexibility index (Phi) is 5.25. The number of aryl methyl sites for hydroxylation is 2. The fraction of sp³-hybridized carbons (Fsp3) is 0.167. The van der Waals surface area contributed by atoms with Crippen LogP contribution in [0.2, 0.25) is 0 Å². The van der Waals surface area contributed by atoms with E-state index in [1.807, 2.05) is 50.2 Å². The number of amides is 1. The maximum Gasteiger partial charge on any atom is 0.279 e. The van der Waals surface area contributed by atoms with Crippen LogP contribution in [0.4, 0.5) is 11.4 Å². The van der Waals surface area contributed by atoms with E-state index in [9.17, 15) is 9.90 Å². The summed E-state index contributed by atoms with van der Waals surface area (Å²) in [5.41, 5.74) is 3.06. The van der Waals surface area contributed by atoms with Crippen molar-refractivity contribution in [2.75, 3.05) is 5.32 Å². The molecule has 0 aromatic heterocycles. The van der Waals surface area contributed by atoms with Gasteiger partial charge in [-0.3, -0.25) is 4.79 Å². The second kappa shape index (κ2) is 7.35. The molecule has 2 aromatic carbocycles. The summed E-state index contributed by atoms with van der Waals surface area (Å²) >= 11 is 0. The maximum absolute atomic E-state index is 12.3. The largest absolute Gasteiger partial charge is 0.510 e. The monoisotopic (exact) mass is 309 g/mol. The maximum atomic E-state index is 12.3. The summed E-state index contributed by atoms with van der Waals surface area (Å²) in [4.78, 5) is 12.3. The molecule has 0 atom stereocenters. The number of nitrogens with zero attached hydrogens (tertiary/aromatic N) is 2. The van der Waals surface area contributed by atoms with Crippen LogP contribution in [-0.4, -0.2) is 11.0 Å². The standard InChI is InChI=1S/C18H19N3O2/c1-12-8-4-6-10-15(12)19-18(23)17(14(3)22)21-20-16-11-7-5-9-13(16)2/h4-11,22H,1-3H3,(H,19,23)/b17-14+,21-20?. The smallest absolute Gasteiger partial charge is 0.279 e. The first kappa shape index (κ1) is 16.4. The van der Waals surface area contributed by atoms with Gasteiger partial charge in [-0.2, -0.15) is 0 Å². The molecule has 23 heavy (non-hydrogen) atoms. The molecule has 0 aliphatic heterocycles. The summed E-state index contributed by atoms with van der Waals surface area (Å²) < 4.78 is 0. The molecule has 0 saturated heterocycles. The van der Waals surface area contributed by atoms with E-state index in [-0.39, 0.29) is 11.5 Å². The fourth-order valence-electron chi connectivity index (χ4n) is 1.96. The molecule has 118 valence electrons. The quantitative estimate of drug-likeness (QED) is 0.483. The summed E-state index contributed by atoms with van der Waals surface area (Å²) in [6.07, 6.45) is 0. The Bertz CT molecular complexity index is 775. The van der Waals surface area contributed by atoms with Crippen LogP contribution in [0, 0.1) is 13.8 Å². The van der Waals surface area contributed by atoms with Crippen molar-refractivity contribution in [1.29, 1.82) is 0 Å². The van der Waals surface area contributed by atoms with Gasteiger partial charge < -0.3 is 10.4 Å². The second-order valence-electron chi connectivity index (χ2n) is 5.19. The van der Waals surface area contributed by atoms with Gasteiger partial charge in [-0.25, -0.2) is 0 Å². The predicted octanol–water partition coefficient (Wildman–Crippen LogP) is 4.82. The van der Waals surface area contributed by atoms with Gasteiger partial charge in [0, 0.05) is 5.69 Å². The average Bonchev–Trinajstić information content (AvgIpc) is 2.51. The highest BCUT2D eigenvalue weighted by Crippen LogP contribution is 2.20. The van der Waals surface area contributed by atoms with E-state index in [1.165, 1.54) is 6.92 Å². The molecule has 0 fully saturated rings. The third kappa shape index (κ3) is 4.26. The van der Waals surface area contributed by atoms with Crippen LogP contribution in [0.25, 0.3) is 0 Å². The Morgan fingerprint density at radius 1 is 1.00 bits per heavy atom. The van der Waals surface area contributed by atoms with E-state index >= 15 is 0 Å². The fourth-order valence-corrected chi connectivity index (χ4v) is 1.96. The Balaban J connectivity index is 2.23. The van der Waals surface area contributed by atoms with Gasteiger partial charge in [-0.15, -0.1) is 10.2 Å². The second-order valence-corrected chi connectivity index (χ2v) is 5.19. The van der Waals surface area contributed by atoms with Gasteiger partial charge in [-0.1, -0.05) is 36.4 Å². The first-order valence-corrected chi connectivity index (χ1v) is 7.23. The first-order chi connectivity index (χ1) is 11.0. The number of para-hydroxylation sites is 1. The molecule has 2 aromatic rings. The Hall–Kier alpha value is -2.95. The highest BCUT2D eigenvalue weighted by atomic mass is 16.3. The molecule has 5 heteroatoms. The van der Waals surface area contributed by atoms with E-state index in [0.29, 0.717) is 11.4 Å². The highest BCUT2D eigenvalue weighted by molar-refractivity contribution is 6.04. The van der Waals surface area contributed by atoms with Crippen molar-refractivity contribution in [3.63, 3.8) is 0 Å². The number of hydrogen-bond donors (Lipinski definition) is 2. The molecule has 0 unspecified atom stereocenters. The summed E-state index contributed by atoms with van der Waals surface area (Å²) in [6, 6.07) is 14.8. The van der Waals surface area contributed by atoms with Gasteiger partial charge in [0.1, 0.15) is 5.76 Å². The van der Waals surface area contributed by atoms with Crippen molar-refractivity contribution >= 4 is 17.3 Å². The van der Waals surface area contributed by atoms with Crippen LogP contribution in [0.15, 0.2) is 70.2 Å². The van der Waals surface area contributed by atoms with Crippen LogP contribution in [0.3, 0.4) is 0 Å². The van der Waals surface area contributed by atoms with Crippen LogP contribution < -0.4 is 5.32 Å². The summed E-state index contributed by atoms with van der Waals surface area (Å²) in [7, 11) is 0. The van der Waals surface area contributed by atoms with E-state index in [4.69, 9.17) is 0 Å². The molecule has 0 spiro atoms. The van der Waals surface area contributed by atoms with Gasteiger partial charge >= 0.3 is 0 Å². The molecular weight excluding hydrogens is 290 g/mol. The molecule has 0 saturated carbocycles. The minimum absolute atomic E-state index is 0.114. The number of nitrogens with one attached hydrogen (secondary N) is 1. The Morgan fingerprint density at radius 2 is 1.61 bits per heavy atom. The number of carbonyl (C=O) groups excluding carboxylic acids is 1. The van der Waals surface area contributed by atoms with Crippen molar-refractivity contribution in [1.82, 2.24) is 0 Å². The summed E-state index contributed by atoms with van der Waals surface area (Å²) in [5.74, 6) is -0.690. The number of azo groups is 1. The van der Waals surface area contributed by atoms with Gasteiger partial charge in [0.15, 0.2) is 5.70 Å².